The topological polar surface area (TPSA) is 86.8 Å². The van der Waals surface area contributed by atoms with Crippen molar-refractivity contribution in [1.82, 2.24) is 10.2 Å². The number of anilines is 1. The summed E-state index contributed by atoms with van der Waals surface area (Å²) in [6.45, 7) is 1.10. The van der Waals surface area contributed by atoms with Gasteiger partial charge in [-0.25, -0.2) is 12.8 Å². The minimum Gasteiger partial charge on any atom is -0.357 e. The van der Waals surface area contributed by atoms with Crippen molar-refractivity contribution >= 4 is 50.7 Å². The van der Waals surface area contributed by atoms with E-state index in [2.05, 4.69) is 5.32 Å². The van der Waals surface area contributed by atoms with Gasteiger partial charge in [-0.15, -0.1) is 0 Å². The van der Waals surface area contributed by atoms with Crippen LogP contribution in [0.5, 0.6) is 0 Å². The first kappa shape index (κ1) is 32.0. The molecule has 4 aromatic carbocycles. The van der Waals surface area contributed by atoms with E-state index >= 15 is 0 Å². The van der Waals surface area contributed by atoms with Crippen LogP contribution in [0.15, 0.2) is 102 Å². The van der Waals surface area contributed by atoms with Crippen molar-refractivity contribution in [3.63, 3.8) is 0 Å². The van der Waals surface area contributed by atoms with Crippen LogP contribution in [0.1, 0.15) is 16.7 Å². The van der Waals surface area contributed by atoms with Gasteiger partial charge in [-0.1, -0.05) is 77.3 Å². The number of carbonyl (C=O) groups is 2. The van der Waals surface area contributed by atoms with Gasteiger partial charge in [0.1, 0.15) is 18.4 Å². The highest BCUT2D eigenvalue weighted by atomic mass is 35.5. The molecular formula is C32H30Cl2FN3O4S. The van der Waals surface area contributed by atoms with Crippen LogP contribution in [0.2, 0.25) is 10.0 Å². The molecule has 224 valence electrons. The zero-order valence-electron chi connectivity index (χ0n) is 23.5. The third-order valence-electron chi connectivity index (χ3n) is 6.86. The lowest BCUT2D eigenvalue weighted by Gasteiger charge is -2.33. The summed E-state index contributed by atoms with van der Waals surface area (Å²) >= 11 is 12.4. The first-order valence-corrected chi connectivity index (χ1v) is 15.5. The maximum atomic E-state index is 14.2. The van der Waals surface area contributed by atoms with Gasteiger partial charge in [0.05, 0.1) is 20.6 Å². The molecule has 2 amide bonds. The Morgan fingerprint density at radius 1 is 0.860 bits per heavy atom. The predicted molar refractivity (Wildman–Crippen MR) is 167 cm³/mol. The van der Waals surface area contributed by atoms with E-state index in [0.717, 1.165) is 27.6 Å². The second-order valence-corrected chi connectivity index (χ2v) is 12.6. The van der Waals surface area contributed by atoms with E-state index in [9.17, 15) is 22.4 Å². The number of carbonyl (C=O) groups excluding carboxylic acids is 2. The van der Waals surface area contributed by atoms with Crippen LogP contribution in [0.25, 0.3) is 0 Å². The van der Waals surface area contributed by atoms with Gasteiger partial charge in [-0.2, -0.15) is 0 Å². The third kappa shape index (κ3) is 7.93. The molecule has 7 nitrogen and oxygen atoms in total. The maximum Gasteiger partial charge on any atom is 0.264 e. The summed E-state index contributed by atoms with van der Waals surface area (Å²) in [5.41, 5.74) is 2.32. The fourth-order valence-corrected chi connectivity index (χ4v) is 6.26. The highest BCUT2D eigenvalue weighted by Crippen LogP contribution is 2.27. The molecule has 1 N–H and O–H groups in total. The fourth-order valence-electron chi connectivity index (χ4n) is 4.53. The van der Waals surface area contributed by atoms with E-state index in [1.165, 1.54) is 36.2 Å². The monoisotopic (exact) mass is 641 g/mol. The largest absolute Gasteiger partial charge is 0.357 e. The number of amides is 2. The number of benzene rings is 4. The fraction of sp³-hybridized carbons (Fsp3) is 0.188. The number of likely N-dealkylation sites (N-methyl/N-ethyl adjacent to an activating group) is 1. The number of nitrogens with one attached hydrogen (secondary N) is 1. The van der Waals surface area contributed by atoms with Crippen LogP contribution in [0.4, 0.5) is 10.1 Å². The van der Waals surface area contributed by atoms with Crippen molar-refractivity contribution in [2.24, 2.45) is 0 Å². The van der Waals surface area contributed by atoms with Gasteiger partial charge in [-0.3, -0.25) is 13.9 Å². The second kappa shape index (κ2) is 14.0. The van der Waals surface area contributed by atoms with Crippen molar-refractivity contribution in [2.45, 2.75) is 30.8 Å². The Balaban J connectivity index is 1.79. The molecule has 11 heteroatoms. The second-order valence-electron chi connectivity index (χ2n) is 9.89. The molecule has 0 radical (unpaired) electrons. The minimum absolute atomic E-state index is 0.0432. The lowest BCUT2D eigenvalue weighted by molar-refractivity contribution is -0.139. The quantitative estimate of drug-likeness (QED) is 0.217. The molecular weight excluding hydrogens is 612 g/mol. The minimum atomic E-state index is -4.28. The Morgan fingerprint density at radius 2 is 1.51 bits per heavy atom. The van der Waals surface area contributed by atoms with E-state index in [0.29, 0.717) is 10.6 Å². The van der Waals surface area contributed by atoms with Gasteiger partial charge in [0.15, 0.2) is 0 Å². The van der Waals surface area contributed by atoms with Crippen molar-refractivity contribution in [2.75, 3.05) is 17.9 Å². The van der Waals surface area contributed by atoms with E-state index in [1.54, 1.807) is 30.3 Å². The van der Waals surface area contributed by atoms with E-state index in [4.69, 9.17) is 23.2 Å². The molecule has 0 aliphatic rings. The molecule has 0 aromatic heterocycles. The number of aryl methyl sites for hydroxylation is 1. The highest BCUT2D eigenvalue weighted by molar-refractivity contribution is 7.92. The van der Waals surface area contributed by atoms with Gasteiger partial charge in [0.2, 0.25) is 11.8 Å². The molecule has 43 heavy (non-hydrogen) atoms. The number of sulfonamides is 1. The lowest BCUT2D eigenvalue weighted by Crippen LogP contribution is -2.53. The summed E-state index contributed by atoms with van der Waals surface area (Å²) < 4.78 is 42.6. The number of hydrogen-bond donors (Lipinski definition) is 1. The Hall–Kier alpha value is -3.92. The molecule has 4 rings (SSSR count). The molecule has 0 aliphatic heterocycles. The summed E-state index contributed by atoms with van der Waals surface area (Å²) in [4.78, 5) is 28.8. The summed E-state index contributed by atoms with van der Waals surface area (Å²) in [5, 5.41) is 3.21. The Morgan fingerprint density at radius 3 is 2.12 bits per heavy atom. The van der Waals surface area contributed by atoms with Crippen LogP contribution in [0, 0.1) is 12.7 Å². The zero-order valence-corrected chi connectivity index (χ0v) is 25.8. The van der Waals surface area contributed by atoms with Gasteiger partial charge < -0.3 is 10.2 Å². The van der Waals surface area contributed by atoms with E-state index < -0.39 is 40.2 Å². The number of halogens is 3. The molecule has 0 fully saturated rings. The van der Waals surface area contributed by atoms with Crippen molar-refractivity contribution in [1.29, 1.82) is 0 Å². The van der Waals surface area contributed by atoms with Crippen LogP contribution in [-0.2, 0) is 32.6 Å². The summed E-state index contributed by atoms with van der Waals surface area (Å²) in [6.07, 6.45) is 0.162. The zero-order chi connectivity index (χ0) is 31.1. The Kier molecular flexibility index (Phi) is 10.4. The van der Waals surface area contributed by atoms with Crippen LogP contribution < -0.4 is 9.62 Å². The van der Waals surface area contributed by atoms with Gasteiger partial charge in [0, 0.05) is 20.0 Å². The molecule has 4 aromatic rings. The Bertz CT molecular complexity index is 1690. The number of nitrogens with zero attached hydrogens (tertiary/aromatic N) is 2. The smallest absolute Gasteiger partial charge is 0.264 e. The molecule has 0 bridgehead atoms. The standard InChI is InChI=1S/C32H30Cl2FN3O4S/c1-22-8-15-27(16-9-22)43(41,42)38(26-13-11-25(35)12-14-26)21-31(39)37(20-24-10-17-28(33)29(34)18-24)30(32(40)36-2)19-23-6-4-3-5-7-23/h3-18,30H,19-21H2,1-2H3,(H,36,40)/t30-/m1/s1. The van der Waals surface area contributed by atoms with E-state index in [1.807, 2.05) is 37.3 Å². The lowest BCUT2D eigenvalue weighted by atomic mass is 10.0. The van der Waals surface area contributed by atoms with Crippen LogP contribution in [-0.4, -0.2) is 44.8 Å². The molecule has 0 aliphatic carbocycles. The summed E-state index contributed by atoms with van der Waals surface area (Å²) in [7, 11) is -2.82. The maximum absolute atomic E-state index is 14.2. The predicted octanol–water partition coefficient (Wildman–Crippen LogP) is 6.02. The van der Waals surface area contributed by atoms with Gasteiger partial charge in [0.25, 0.3) is 10.0 Å². The van der Waals surface area contributed by atoms with Gasteiger partial charge >= 0.3 is 0 Å². The highest BCUT2D eigenvalue weighted by Gasteiger charge is 2.34. The summed E-state index contributed by atoms with van der Waals surface area (Å²) in [6, 6.07) is 24.0. The van der Waals surface area contributed by atoms with Crippen molar-refractivity contribution < 1.29 is 22.4 Å². The first-order valence-electron chi connectivity index (χ1n) is 13.3. The number of hydrogen-bond acceptors (Lipinski definition) is 4. The van der Waals surface area contributed by atoms with E-state index in [-0.39, 0.29) is 28.6 Å². The SMILES string of the molecule is CNC(=O)[C@@H](Cc1ccccc1)N(Cc1ccc(Cl)c(Cl)c1)C(=O)CN(c1ccc(F)cc1)S(=O)(=O)c1ccc(C)cc1. The molecule has 0 heterocycles. The van der Waals surface area contributed by atoms with Gasteiger partial charge in [-0.05, 0) is 66.6 Å². The normalized spacial score (nSPS) is 11.9. The van der Waals surface area contributed by atoms with Crippen LogP contribution in [0.3, 0.4) is 0 Å². The number of rotatable bonds is 11. The molecule has 0 spiro atoms. The molecule has 0 unspecified atom stereocenters. The molecule has 0 saturated carbocycles. The average Bonchev–Trinajstić information content (AvgIpc) is 3.00. The van der Waals surface area contributed by atoms with Crippen LogP contribution >= 0.6 is 23.2 Å². The molecule has 0 saturated heterocycles. The first-order chi connectivity index (χ1) is 20.5. The Labute approximate surface area is 260 Å². The summed E-state index contributed by atoms with van der Waals surface area (Å²) in [5.74, 6) is -1.66. The molecule has 1 atom stereocenters. The van der Waals surface area contributed by atoms with Crippen molar-refractivity contribution in [3.8, 4) is 0 Å². The average molecular weight is 643 g/mol. The third-order valence-corrected chi connectivity index (χ3v) is 9.38. The van der Waals surface area contributed by atoms with Crippen molar-refractivity contribution in [3.05, 3.63) is 130 Å².